The molecule has 1 atom stereocenters. The van der Waals surface area contributed by atoms with Gasteiger partial charge < -0.3 is 4.84 Å². The number of imide groups is 2. The highest BCUT2D eigenvalue weighted by Gasteiger charge is 2.38. The van der Waals surface area contributed by atoms with E-state index in [9.17, 15) is 24.0 Å². The van der Waals surface area contributed by atoms with E-state index in [-0.39, 0.29) is 24.7 Å². The Kier molecular flexibility index (Phi) is 7.69. The molecule has 0 aromatic carbocycles. The topological polar surface area (TPSA) is 101 Å². The molecular weight excluding hydrogens is 352 g/mol. The van der Waals surface area contributed by atoms with Crippen molar-refractivity contribution in [2.24, 2.45) is 5.92 Å². The van der Waals surface area contributed by atoms with Crippen molar-refractivity contribution in [2.45, 2.75) is 64.7 Å². The summed E-state index contributed by atoms with van der Waals surface area (Å²) >= 11 is 0. The van der Waals surface area contributed by atoms with Crippen molar-refractivity contribution in [1.82, 2.24) is 9.96 Å². The monoisotopic (exact) mass is 378 g/mol. The SMILES string of the molecule is CC1CC(=O)N(OC(=O)CCCCCCCCCN2C(=O)C=CC2=O)C1=O. The van der Waals surface area contributed by atoms with Crippen molar-refractivity contribution >= 4 is 29.6 Å². The van der Waals surface area contributed by atoms with Gasteiger partial charge in [-0.15, -0.1) is 5.06 Å². The molecule has 27 heavy (non-hydrogen) atoms. The Morgan fingerprint density at radius 1 is 0.963 bits per heavy atom. The summed E-state index contributed by atoms with van der Waals surface area (Å²) in [6.07, 6.45) is 9.08. The Labute approximate surface area is 158 Å². The zero-order valence-electron chi connectivity index (χ0n) is 15.6. The van der Waals surface area contributed by atoms with Gasteiger partial charge in [-0.05, 0) is 12.8 Å². The Balaban J connectivity index is 1.45. The first-order chi connectivity index (χ1) is 12.9. The molecule has 1 saturated heterocycles. The molecule has 0 spiro atoms. The largest absolute Gasteiger partial charge is 0.333 e. The van der Waals surface area contributed by atoms with Crippen molar-refractivity contribution in [3.63, 3.8) is 0 Å². The number of amides is 4. The molecule has 0 aromatic heterocycles. The van der Waals surface area contributed by atoms with Crippen LogP contribution in [0.4, 0.5) is 0 Å². The molecule has 1 fully saturated rings. The number of hydrogen-bond donors (Lipinski definition) is 0. The summed E-state index contributed by atoms with van der Waals surface area (Å²) in [7, 11) is 0. The fourth-order valence-electron chi connectivity index (χ4n) is 3.07. The van der Waals surface area contributed by atoms with Gasteiger partial charge in [0.25, 0.3) is 23.6 Å². The summed E-state index contributed by atoms with van der Waals surface area (Å²) in [6.45, 7) is 2.09. The van der Waals surface area contributed by atoms with Crippen LogP contribution in [0.25, 0.3) is 0 Å². The summed E-state index contributed by atoms with van der Waals surface area (Å²) < 4.78 is 0. The lowest BCUT2D eigenvalue weighted by Gasteiger charge is -2.13. The zero-order chi connectivity index (χ0) is 19.8. The first kappa shape index (κ1) is 20.8. The number of rotatable bonds is 11. The predicted octanol–water partition coefficient (Wildman–Crippen LogP) is 1.89. The molecule has 2 heterocycles. The van der Waals surface area contributed by atoms with Gasteiger partial charge in [0.05, 0.1) is 0 Å². The van der Waals surface area contributed by atoms with Crippen molar-refractivity contribution < 1.29 is 28.8 Å². The van der Waals surface area contributed by atoms with Crippen LogP contribution >= 0.6 is 0 Å². The molecule has 0 N–H and O–H groups in total. The number of nitrogens with zero attached hydrogens (tertiary/aromatic N) is 2. The number of carbonyl (C=O) groups excluding carboxylic acids is 5. The van der Waals surface area contributed by atoms with Gasteiger partial charge in [-0.25, -0.2) is 4.79 Å². The Morgan fingerprint density at radius 2 is 1.52 bits per heavy atom. The van der Waals surface area contributed by atoms with Gasteiger partial charge in [0.15, 0.2) is 0 Å². The summed E-state index contributed by atoms with van der Waals surface area (Å²) in [6, 6.07) is 0. The molecular formula is C19H26N2O6. The third kappa shape index (κ3) is 6.01. The summed E-state index contributed by atoms with van der Waals surface area (Å²) in [5.74, 6) is -2.38. The van der Waals surface area contributed by atoms with Crippen LogP contribution in [0.1, 0.15) is 64.7 Å². The average molecular weight is 378 g/mol. The highest BCUT2D eigenvalue weighted by molar-refractivity contribution is 6.12. The fourth-order valence-corrected chi connectivity index (χ4v) is 3.07. The number of hydroxylamine groups is 2. The maximum Gasteiger partial charge on any atom is 0.333 e. The van der Waals surface area contributed by atoms with Crippen LogP contribution in [0.2, 0.25) is 0 Å². The molecule has 8 heteroatoms. The lowest BCUT2D eigenvalue weighted by molar-refractivity contribution is -0.198. The molecule has 0 aliphatic carbocycles. The lowest BCUT2D eigenvalue weighted by Crippen LogP contribution is -2.33. The molecule has 0 radical (unpaired) electrons. The Morgan fingerprint density at radius 3 is 2.07 bits per heavy atom. The van der Waals surface area contributed by atoms with E-state index in [1.807, 2.05) is 0 Å². The van der Waals surface area contributed by atoms with E-state index in [0.29, 0.717) is 18.0 Å². The fraction of sp³-hybridized carbons (Fsp3) is 0.632. The maximum absolute atomic E-state index is 11.7. The molecule has 2 aliphatic rings. The van der Waals surface area contributed by atoms with Crippen molar-refractivity contribution in [3.8, 4) is 0 Å². The molecule has 4 amide bonds. The highest BCUT2D eigenvalue weighted by atomic mass is 16.7. The Bertz CT molecular complexity index is 624. The second-order valence-corrected chi connectivity index (χ2v) is 6.98. The normalized spacial score (nSPS) is 19.5. The van der Waals surface area contributed by atoms with Crippen molar-refractivity contribution in [2.75, 3.05) is 6.54 Å². The second-order valence-electron chi connectivity index (χ2n) is 6.98. The molecule has 0 aromatic rings. The standard InChI is InChI=1S/C19H26N2O6/c1-14-13-17(24)21(19(14)26)27-18(25)9-7-5-3-2-4-6-8-12-20-15(22)10-11-16(20)23/h10-11,14H,2-9,12-13H2,1H3. The van der Waals surface area contributed by atoms with E-state index >= 15 is 0 Å². The summed E-state index contributed by atoms with van der Waals surface area (Å²) in [5.41, 5.74) is 0. The number of hydrogen-bond acceptors (Lipinski definition) is 6. The second kappa shape index (κ2) is 9.99. The van der Waals surface area contributed by atoms with Crippen molar-refractivity contribution in [3.05, 3.63) is 12.2 Å². The minimum absolute atomic E-state index is 0.0860. The highest BCUT2D eigenvalue weighted by Crippen LogP contribution is 2.19. The van der Waals surface area contributed by atoms with E-state index in [2.05, 4.69) is 0 Å². The van der Waals surface area contributed by atoms with E-state index < -0.39 is 23.7 Å². The van der Waals surface area contributed by atoms with Gasteiger partial charge in [0, 0.05) is 37.5 Å². The molecule has 0 saturated carbocycles. The average Bonchev–Trinajstić information content (AvgIpc) is 3.07. The Hall–Kier alpha value is -2.51. The van der Waals surface area contributed by atoms with E-state index in [4.69, 9.17) is 4.84 Å². The summed E-state index contributed by atoms with van der Waals surface area (Å²) in [5, 5.41) is 0.596. The van der Waals surface area contributed by atoms with Crippen LogP contribution in [0.5, 0.6) is 0 Å². The minimum atomic E-state index is -0.556. The van der Waals surface area contributed by atoms with Gasteiger partial charge in [-0.2, -0.15) is 0 Å². The third-order valence-corrected chi connectivity index (χ3v) is 4.69. The molecule has 8 nitrogen and oxygen atoms in total. The number of unbranched alkanes of at least 4 members (excludes halogenated alkanes) is 6. The van der Waals surface area contributed by atoms with Gasteiger partial charge >= 0.3 is 5.97 Å². The van der Waals surface area contributed by atoms with Gasteiger partial charge in [0.2, 0.25) is 0 Å². The van der Waals surface area contributed by atoms with Crippen LogP contribution < -0.4 is 0 Å². The van der Waals surface area contributed by atoms with E-state index in [1.54, 1.807) is 6.92 Å². The molecule has 0 bridgehead atoms. The minimum Gasteiger partial charge on any atom is -0.330 e. The first-order valence-electron chi connectivity index (χ1n) is 9.51. The molecule has 1 unspecified atom stereocenters. The van der Waals surface area contributed by atoms with E-state index in [0.717, 1.165) is 38.5 Å². The van der Waals surface area contributed by atoms with Crippen molar-refractivity contribution in [1.29, 1.82) is 0 Å². The van der Waals surface area contributed by atoms with Crippen LogP contribution in [0, 0.1) is 5.92 Å². The number of carbonyl (C=O) groups is 5. The zero-order valence-corrected chi connectivity index (χ0v) is 15.6. The van der Waals surface area contributed by atoms with E-state index in [1.165, 1.54) is 17.1 Å². The van der Waals surface area contributed by atoms with Gasteiger partial charge in [-0.1, -0.05) is 39.0 Å². The molecule has 148 valence electrons. The molecule has 2 rings (SSSR count). The van der Waals surface area contributed by atoms with Gasteiger partial charge in [0.1, 0.15) is 0 Å². The molecule has 2 aliphatic heterocycles. The first-order valence-corrected chi connectivity index (χ1v) is 9.51. The predicted molar refractivity (Wildman–Crippen MR) is 94.5 cm³/mol. The summed E-state index contributed by atoms with van der Waals surface area (Å²) in [4.78, 5) is 63.8. The van der Waals surface area contributed by atoms with Gasteiger partial charge in [-0.3, -0.25) is 24.1 Å². The maximum atomic E-state index is 11.7. The third-order valence-electron chi connectivity index (χ3n) is 4.69. The van der Waals surface area contributed by atoms with Crippen LogP contribution in [0.15, 0.2) is 12.2 Å². The van der Waals surface area contributed by atoms with Crippen LogP contribution in [-0.4, -0.2) is 46.1 Å². The quantitative estimate of drug-likeness (QED) is 0.402. The van der Waals surface area contributed by atoms with Crippen LogP contribution in [-0.2, 0) is 28.8 Å². The smallest absolute Gasteiger partial charge is 0.330 e. The van der Waals surface area contributed by atoms with Crippen LogP contribution in [0.3, 0.4) is 0 Å². The lowest BCUT2D eigenvalue weighted by atomic mass is 10.1.